The second kappa shape index (κ2) is 6.65. The minimum Gasteiger partial charge on any atom is -0.361 e. The molecule has 1 saturated carbocycles. The number of aromatic amines is 1. The Balaban J connectivity index is 1.27. The molecule has 3 heterocycles. The third-order valence-electron chi connectivity index (χ3n) is 6.12. The predicted octanol–water partition coefficient (Wildman–Crippen LogP) is 2.35. The van der Waals surface area contributed by atoms with Gasteiger partial charge in [-0.05, 0) is 37.3 Å². The first-order chi connectivity index (χ1) is 13.6. The number of likely N-dealkylation sites (tertiary alicyclic amines) is 1. The van der Waals surface area contributed by atoms with Gasteiger partial charge in [0, 0.05) is 49.2 Å². The molecule has 2 fully saturated rings. The van der Waals surface area contributed by atoms with E-state index in [0.717, 1.165) is 61.1 Å². The fourth-order valence-corrected chi connectivity index (χ4v) is 4.39. The number of aromatic nitrogens is 4. The van der Waals surface area contributed by atoms with Crippen LogP contribution in [0.1, 0.15) is 49.0 Å². The third kappa shape index (κ3) is 2.95. The number of piperidine rings is 1. The molecular formula is C21H25N5O2. The zero-order chi connectivity index (χ0) is 19.3. The van der Waals surface area contributed by atoms with Crippen molar-refractivity contribution in [2.75, 3.05) is 13.1 Å². The predicted molar refractivity (Wildman–Crippen MR) is 106 cm³/mol. The normalized spacial score (nSPS) is 18.1. The summed E-state index contributed by atoms with van der Waals surface area (Å²) in [7, 11) is 1.73. The van der Waals surface area contributed by atoms with Crippen molar-refractivity contribution in [3.05, 3.63) is 52.3 Å². The zero-order valence-corrected chi connectivity index (χ0v) is 16.1. The van der Waals surface area contributed by atoms with Crippen molar-refractivity contribution in [2.24, 2.45) is 7.05 Å². The Hall–Kier alpha value is -2.83. The summed E-state index contributed by atoms with van der Waals surface area (Å²) in [6.45, 7) is 1.45. The molecule has 2 aliphatic rings. The van der Waals surface area contributed by atoms with Gasteiger partial charge in [-0.1, -0.05) is 18.2 Å². The van der Waals surface area contributed by atoms with E-state index in [4.69, 9.17) is 0 Å². The van der Waals surface area contributed by atoms with Crippen molar-refractivity contribution in [3.63, 3.8) is 0 Å². The van der Waals surface area contributed by atoms with Gasteiger partial charge in [-0.3, -0.25) is 9.36 Å². The number of H-pyrrole nitrogens is 1. The van der Waals surface area contributed by atoms with E-state index in [1.165, 1.54) is 4.68 Å². The summed E-state index contributed by atoms with van der Waals surface area (Å²) in [5, 5.41) is 5.64. The van der Waals surface area contributed by atoms with Crippen LogP contribution in [0, 0.1) is 0 Å². The van der Waals surface area contributed by atoms with Gasteiger partial charge >= 0.3 is 5.69 Å². The summed E-state index contributed by atoms with van der Waals surface area (Å²) in [6, 6.07) is 8.41. The number of aryl methyl sites for hydroxylation is 1. The molecule has 1 amide bonds. The number of nitrogens with zero attached hydrogens (tertiary/aromatic N) is 4. The van der Waals surface area contributed by atoms with Crippen molar-refractivity contribution in [3.8, 4) is 0 Å². The number of carbonyl (C=O) groups excluding carboxylic acids is 1. The summed E-state index contributed by atoms with van der Waals surface area (Å²) in [4.78, 5) is 30.4. The average molecular weight is 379 g/mol. The zero-order valence-electron chi connectivity index (χ0n) is 16.1. The van der Waals surface area contributed by atoms with Crippen LogP contribution in [0.3, 0.4) is 0 Å². The van der Waals surface area contributed by atoms with Crippen LogP contribution < -0.4 is 5.69 Å². The SMILES string of the molecule is Cn1nc(C2CCN(C(=O)Cc3c[nH]c4ccccc34)CC2)n(C2CC2)c1=O. The molecular weight excluding hydrogens is 354 g/mol. The van der Waals surface area contributed by atoms with Crippen LogP contribution in [0.2, 0.25) is 0 Å². The van der Waals surface area contributed by atoms with Crippen LogP contribution in [0.4, 0.5) is 0 Å². The Morgan fingerprint density at radius 3 is 2.68 bits per heavy atom. The summed E-state index contributed by atoms with van der Waals surface area (Å²) < 4.78 is 3.36. The van der Waals surface area contributed by atoms with E-state index in [1.54, 1.807) is 7.05 Å². The van der Waals surface area contributed by atoms with Crippen molar-refractivity contribution in [1.82, 2.24) is 24.2 Å². The molecule has 0 unspecified atom stereocenters. The highest BCUT2D eigenvalue weighted by Gasteiger charge is 2.34. The summed E-state index contributed by atoms with van der Waals surface area (Å²) in [5.41, 5.74) is 2.11. The first-order valence-corrected chi connectivity index (χ1v) is 10.1. The van der Waals surface area contributed by atoms with E-state index in [2.05, 4.69) is 16.1 Å². The van der Waals surface area contributed by atoms with Crippen molar-refractivity contribution < 1.29 is 4.79 Å². The minimum atomic E-state index is -0.00431. The molecule has 1 aliphatic carbocycles. The molecule has 7 nitrogen and oxygen atoms in total. The van der Waals surface area contributed by atoms with Crippen LogP contribution in [0.5, 0.6) is 0 Å². The lowest BCUT2D eigenvalue weighted by atomic mass is 9.95. The Morgan fingerprint density at radius 1 is 1.18 bits per heavy atom. The molecule has 1 saturated heterocycles. The molecule has 0 bridgehead atoms. The molecule has 28 heavy (non-hydrogen) atoms. The number of carbonyl (C=O) groups is 1. The van der Waals surface area contributed by atoms with E-state index >= 15 is 0 Å². The van der Waals surface area contributed by atoms with E-state index in [0.29, 0.717) is 12.5 Å². The number of fused-ring (bicyclic) bond motifs is 1. The Bertz CT molecular complexity index is 1080. The van der Waals surface area contributed by atoms with Gasteiger partial charge < -0.3 is 9.88 Å². The van der Waals surface area contributed by atoms with Gasteiger partial charge in [0.15, 0.2) is 0 Å². The first-order valence-electron chi connectivity index (χ1n) is 10.1. The number of rotatable bonds is 4. The van der Waals surface area contributed by atoms with Crippen molar-refractivity contribution in [1.29, 1.82) is 0 Å². The average Bonchev–Trinajstić information content (AvgIpc) is 3.41. The lowest BCUT2D eigenvalue weighted by Crippen LogP contribution is -2.39. The van der Waals surface area contributed by atoms with E-state index < -0.39 is 0 Å². The highest BCUT2D eigenvalue weighted by Crippen LogP contribution is 2.37. The molecule has 1 aromatic carbocycles. The standard InChI is InChI=1S/C21H25N5O2/c1-24-21(28)26(16-6-7-16)20(23-24)14-8-10-25(11-9-14)19(27)12-15-13-22-18-5-3-2-4-17(15)18/h2-5,13-14,16,22H,6-12H2,1H3. The van der Waals surface area contributed by atoms with Crippen molar-refractivity contribution in [2.45, 2.75) is 44.1 Å². The Kier molecular flexibility index (Phi) is 4.10. The molecule has 3 aromatic rings. The van der Waals surface area contributed by atoms with Gasteiger partial charge in [-0.2, -0.15) is 5.10 Å². The van der Waals surface area contributed by atoms with Gasteiger partial charge in [0.1, 0.15) is 5.82 Å². The van der Waals surface area contributed by atoms with Crippen molar-refractivity contribution >= 4 is 16.8 Å². The highest BCUT2D eigenvalue weighted by molar-refractivity contribution is 5.88. The number of hydrogen-bond acceptors (Lipinski definition) is 3. The van der Waals surface area contributed by atoms with Crippen LogP contribution in [0.15, 0.2) is 35.3 Å². The monoisotopic (exact) mass is 379 g/mol. The number of nitrogens with one attached hydrogen (secondary N) is 1. The van der Waals surface area contributed by atoms with Crippen LogP contribution >= 0.6 is 0 Å². The lowest BCUT2D eigenvalue weighted by Gasteiger charge is -2.31. The highest BCUT2D eigenvalue weighted by atomic mass is 16.2. The van der Waals surface area contributed by atoms with E-state index in [-0.39, 0.29) is 17.5 Å². The molecule has 146 valence electrons. The van der Waals surface area contributed by atoms with E-state index in [9.17, 15) is 9.59 Å². The fourth-order valence-electron chi connectivity index (χ4n) is 4.39. The van der Waals surface area contributed by atoms with Gasteiger partial charge in [0.25, 0.3) is 0 Å². The Labute approximate surface area is 163 Å². The molecule has 5 rings (SSSR count). The van der Waals surface area contributed by atoms with Gasteiger partial charge in [0.05, 0.1) is 6.42 Å². The maximum absolute atomic E-state index is 12.8. The molecule has 0 atom stereocenters. The van der Waals surface area contributed by atoms with Gasteiger partial charge in [-0.15, -0.1) is 0 Å². The molecule has 7 heteroatoms. The number of hydrogen-bond donors (Lipinski definition) is 1. The number of benzene rings is 1. The molecule has 2 aromatic heterocycles. The topological polar surface area (TPSA) is 75.9 Å². The van der Waals surface area contributed by atoms with Crippen LogP contribution in [-0.4, -0.2) is 43.2 Å². The fraction of sp³-hybridized carbons (Fsp3) is 0.476. The smallest absolute Gasteiger partial charge is 0.345 e. The maximum Gasteiger partial charge on any atom is 0.345 e. The second-order valence-electron chi connectivity index (χ2n) is 8.06. The molecule has 1 aliphatic heterocycles. The Morgan fingerprint density at radius 2 is 1.93 bits per heavy atom. The largest absolute Gasteiger partial charge is 0.361 e. The summed E-state index contributed by atoms with van der Waals surface area (Å²) in [6.07, 6.45) is 6.23. The van der Waals surface area contributed by atoms with Crippen LogP contribution in [0.25, 0.3) is 10.9 Å². The molecule has 0 spiro atoms. The first kappa shape index (κ1) is 17.3. The summed E-state index contributed by atoms with van der Waals surface area (Å²) in [5.74, 6) is 1.34. The van der Waals surface area contributed by atoms with E-state index in [1.807, 2.05) is 33.9 Å². The molecule has 0 radical (unpaired) electrons. The quantitative estimate of drug-likeness (QED) is 0.756. The number of amides is 1. The summed E-state index contributed by atoms with van der Waals surface area (Å²) >= 11 is 0. The second-order valence-corrected chi connectivity index (χ2v) is 8.06. The maximum atomic E-state index is 12.8. The third-order valence-corrected chi connectivity index (χ3v) is 6.12. The number of para-hydroxylation sites is 1. The lowest BCUT2D eigenvalue weighted by molar-refractivity contribution is -0.131. The molecule has 1 N–H and O–H groups in total. The minimum absolute atomic E-state index is 0.00431. The van der Waals surface area contributed by atoms with Crippen LogP contribution in [-0.2, 0) is 18.3 Å². The van der Waals surface area contributed by atoms with Gasteiger partial charge in [-0.25, -0.2) is 9.48 Å². The van der Waals surface area contributed by atoms with Gasteiger partial charge in [0.2, 0.25) is 5.91 Å².